The van der Waals surface area contributed by atoms with E-state index in [0.29, 0.717) is 17.1 Å². The Labute approximate surface area is 92.4 Å². The lowest BCUT2D eigenvalue weighted by Crippen LogP contribution is -1.99. The summed E-state index contributed by atoms with van der Waals surface area (Å²) < 4.78 is 15.5. The molecule has 0 fully saturated rings. The molecule has 2 rings (SSSR count). The molecule has 0 aliphatic heterocycles. The molecule has 0 N–H and O–H groups in total. The first-order valence-corrected chi connectivity index (χ1v) is 4.83. The second-order valence-electron chi connectivity index (χ2n) is 3.43. The van der Waals surface area contributed by atoms with E-state index in [2.05, 4.69) is 0 Å². The monoisotopic (exact) mass is 220 g/mol. The van der Waals surface area contributed by atoms with Gasteiger partial charge in [-0.15, -0.1) is 0 Å². The zero-order valence-electron chi connectivity index (χ0n) is 9.37. The molecule has 0 spiro atoms. The lowest BCUT2D eigenvalue weighted by Gasteiger charge is -2.11. The van der Waals surface area contributed by atoms with Gasteiger partial charge < -0.3 is 13.9 Å². The molecule has 1 heterocycles. The maximum Gasteiger partial charge on any atom is 0.336 e. The smallest absolute Gasteiger partial charge is 0.336 e. The molecular weight excluding hydrogens is 208 g/mol. The maximum atomic E-state index is 11.2. The number of benzene rings is 1. The fraction of sp³-hybridized carbons (Fsp3) is 0.250. The van der Waals surface area contributed by atoms with E-state index in [-0.39, 0.29) is 0 Å². The number of ether oxygens (including phenoxy) is 2. The summed E-state index contributed by atoms with van der Waals surface area (Å²) in [6.45, 7) is 1.92. The number of hydrogen-bond donors (Lipinski definition) is 0. The van der Waals surface area contributed by atoms with E-state index in [1.54, 1.807) is 13.2 Å². The number of aryl methyl sites for hydroxylation is 1. The molecule has 4 heteroatoms. The Bertz CT molecular complexity index is 583. The summed E-state index contributed by atoms with van der Waals surface area (Å²) in [4.78, 5) is 11.2. The van der Waals surface area contributed by atoms with Crippen LogP contribution in [0, 0.1) is 6.92 Å². The highest BCUT2D eigenvalue weighted by atomic mass is 16.5. The number of fused-ring (bicyclic) bond motifs is 1. The summed E-state index contributed by atoms with van der Waals surface area (Å²) in [6.07, 6.45) is 0. The van der Waals surface area contributed by atoms with Gasteiger partial charge in [-0.2, -0.15) is 0 Å². The van der Waals surface area contributed by atoms with Crippen LogP contribution in [-0.2, 0) is 0 Å². The minimum atomic E-state index is -0.404. The zero-order chi connectivity index (χ0) is 11.7. The highest BCUT2D eigenvalue weighted by Crippen LogP contribution is 2.36. The third-order valence-electron chi connectivity index (χ3n) is 2.46. The lowest BCUT2D eigenvalue weighted by molar-refractivity contribution is 0.351. The molecule has 1 aromatic heterocycles. The van der Waals surface area contributed by atoms with Gasteiger partial charge in [0.15, 0.2) is 11.3 Å². The van der Waals surface area contributed by atoms with Crippen molar-refractivity contribution in [1.82, 2.24) is 0 Å². The van der Waals surface area contributed by atoms with Crippen LogP contribution >= 0.6 is 0 Å². The molecule has 0 saturated carbocycles. The van der Waals surface area contributed by atoms with Crippen molar-refractivity contribution in [1.29, 1.82) is 0 Å². The van der Waals surface area contributed by atoms with E-state index < -0.39 is 5.63 Å². The Morgan fingerprint density at radius 3 is 2.56 bits per heavy atom. The fourth-order valence-electron chi connectivity index (χ4n) is 1.69. The van der Waals surface area contributed by atoms with Crippen molar-refractivity contribution in [2.45, 2.75) is 6.92 Å². The lowest BCUT2D eigenvalue weighted by atomic mass is 10.1. The van der Waals surface area contributed by atoms with Crippen LogP contribution < -0.4 is 15.1 Å². The van der Waals surface area contributed by atoms with E-state index in [9.17, 15) is 4.79 Å². The Morgan fingerprint density at radius 2 is 1.94 bits per heavy atom. The second kappa shape index (κ2) is 3.89. The largest absolute Gasteiger partial charge is 0.493 e. The average Bonchev–Trinajstić information content (AvgIpc) is 2.28. The van der Waals surface area contributed by atoms with Gasteiger partial charge in [-0.1, -0.05) is 0 Å². The first kappa shape index (κ1) is 10.5. The van der Waals surface area contributed by atoms with Crippen molar-refractivity contribution in [3.05, 3.63) is 34.2 Å². The Balaban J connectivity index is 2.93. The van der Waals surface area contributed by atoms with Crippen LogP contribution in [0.2, 0.25) is 0 Å². The van der Waals surface area contributed by atoms with E-state index in [1.165, 1.54) is 13.2 Å². The normalized spacial score (nSPS) is 10.4. The molecule has 4 nitrogen and oxygen atoms in total. The van der Waals surface area contributed by atoms with E-state index >= 15 is 0 Å². The predicted octanol–water partition coefficient (Wildman–Crippen LogP) is 2.12. The topological polar surface area (TPSA) is 48.7 Å². The molecule has 0 atom stereocenters. The zero-order valence-corrected chi connectivity index (χ0v) is 9.37. The standard InChI is InChI=1S/C12H12O4/c1-7-6-9(14-2)12(15-3)11-8(7)4-5-10(13)16-11/h4-6H,1-3H3. The van der Waals surface area contributed by atoms with Crippen molar-refractivity contribution < 1.29 is 13.9 Å². The van der Waals surface area contributed by atoms with Gasteiger partial charge in [-0.3, -0.25) is 0 Å². The van der Waals surface area contributed by atoms with Crippen LogP contribution in [-0.4, -0.2) is 14.2 Å². The number of rotatable bonds is 2. The maximum absolute atomic E-state index is 11.2. The SMILES string of the molecule is COc1cc(C)c2ccc(=O)oc2c1OC. The Kier molecular flexibility index (Phi) is 2.56. The average molecular weight is 220 g/mol. The molecule has 0 unspecified atom stereocenters. The van der Waals surface area contributed by atoms with Crippen LogP contribution in [0.25, 0.3) is 11.0 Å². The summed E-state index contributed by atoms with van der Waals surface area (Å²) in [7, 11) is 3.06. The van der Waals surface area contributed by atoms with Crippen molar-refractivity contribution in [3.63, 3.8) is 0 Å². The highest BCUT2D eigenvalue weighted by molar-refractivity contribution is 5.88. The summed E-state index contributed by atoms with van der Waals surface area (Å²) in [6, 6.07) is 4.96. The molecule has 0 radical (unpaired) electrons. The van der Waals surface area contributed by atoms with Gasteiger partial charge in [0.05, 0.1) is 14.2 Å². The van der Waals surface area contributed by atoms with E-state index in [0.717, 1.165) is 10.9 Å². The van der Waals surface area contributed by atoms with E-state index in [1.807, 2.05) is 13.0 Å². The van der Waals surface area contributed by atoms with Gasteiger partial charge in [0.1, 0.15) is 0 Å². The number of hydrogen-bond acceptors (Lipinski definition) is 4. The molecule has 16 heavy (non-hydrogen) atoms. The third kappa shape index (κ3) is 1.52. The molecule has 0 aliphatic carbocycles. The summed E-state index contributed by atoms with van der Waals surface area (Å²) in [5.41, 5.74) is 0.988. The molecule has 84 valence electrons. The minimum absolute atomic E-state index is 0.404. The molecule has 2 aromatic rings. The van der Waals surface area contributed by atoms with Crippen molar-refractivity contribution in [3.8, 4) is 11.5 Å². The van der Waals surface area contributed by atoms with Gasteiger partial charge in [-0.05, 0) is 24.6 Å². The molecular formula is C12H12O4. The van der Waals surface area contributed by atoms with Gasteiger partial charge in [-0.25, -0.2) is 4.79 Å². The summed E-state index contributed by atoms with van der Waals surface area (Å²) in [5, 5.41) is 0.845. The molecule has 0 bridgehead atoms. The van der Waals surface area contributed by atoms with Crippen LogP contribution in [0.5, 0.6) is 11.5 Å². The molecule has 0 saturated heterocycles. The van der Waals surface area contributed by atoms with Crippen molar-refractivity contribution >= 4 is 11.0 Å². The summed E-state index contributed by atoms with van der Waals surface area (Å²) in [5.74, 6) is 1.00. The second-order valence-corrected chi connectivity index (χ2v) is 3.43. The van der Waals surface area contributed by atoms with Crippen LogP contribution in [0.1, 0.15) is 5.56 Å². The Hall–Kier alpha value is -1.97. The van der Waals surface area contributed by atoms with E-state index in [4.69, 9.17) is 13.9 Å². The predicted molar refractivity (Wildman–Crippen MR) is 60.3 cm³/mol. The molecule has 1 aromatic carbocycles. The first-order valence-electron chi connectivity index (χ1n) is 4.83. The van der Waals surface area contributed by atoms with Crippen molar-refractivity contribution in [2.24, 2.45) is 0 Å². The van der Waals surface area contributed by atoms with Gasteiger partial charge in [0, 0.05) is 11.5 Å². The fourth-order valence-corrected chi connectivity index (χ4v) is 1.69. The van der Waals surface area contributed by atoms with Crippen LogP contribution in [0.15, 0.2) is 27.4 Å². The summed E-state index contributed by atoms with van der Waals surface area (Å²) >= 11 is 0. The molecule has 0 amide bonds. The van der Waals surface area contributed by atoms with Crippen LogP contribution in [0.3, 0.4) is 0 Å². The first-order chi connectivity index (χ1) is 7.67. The van der Waals surface area contributed by atoms with Gasteiger partial charge >= 0.3 is 5.63 Å². The number of methoxy groups -OCH3 is 2. The minimum Gasteiger partial charge on any atom is -0.493 e. The Morgan fingerprint density at radius 1 is 1.19 bits per heavy atom. The quantitative estimate of drug-likeness (QED) is 0.727. The van der Waals surface area contributed by atoms with Crippen LogP contribution in [0.4, 0.5) is 0 Å². The molecule has 0 aliphatic rings. The van der Waals surface area contributed by atoms with Gasteiger partial charge in [0.2, 0.25) is 5.75 Å². The van der Waals surface area contributed by atoms with Crippen molar-refractivity contribution in [2.75, 3.05) is 14.2 Å². The highest BCUT2D eigenvalue weighted by Gasteiger charge is 2.13. The van der Waals surface area contributed by atoms with Gasteiger partial charge in [0.25, 0.3) is 0 Å². The third-order valence-corrected chi connectivity index (χ3v) is 2.46.